The molecular weight excluding hydrogens is 505 g/mol. The van der Waals surface area contributed by atoms with Crippen LogP contribution in [-0.2, 0) is 29.1 Å². The molecule has 4 heterocycles. The van der Waals surface area contributed by atoms with Gasteiger partial charge in [-0.05, 0) is 66.8 Å². The molecule has 39 heavy (non-hydrogen) atoms. The molecule has 2 aromatic heterocycles. The Balaban J connectivity index is 1.44. The Kier molecular flexibility index (Phi) is 4.96. The van der Waals surface area contributed by atoms with Gasteiger partial charge >= 0.3 is 5.97 Å². The van der Waals surface area contributed by atoms with Gasteiger partial charge in [0.1, 0.15) is 18.2 Å². The fourth-order valence-corrected chi connectivity index (χ4v) is 6.10. The molecule has 3 N–H and O–H groups in total. The number of rotatable bonds is 2. The fourth-order valence-electron chi connectivity index (χ4n) is 6.10. The predicted octanol–water partition coefficient (Wildman–Crippen LogP) is 3.09. The third-order valence-corrected chi connectivity index (χ3v) is 8.08. The summed E-state index contributed by atoms with van der Waals surface area (Å²) in [5.74, 6) is -1.50. The highest BCUT2D eigenvalue weighted by Crippen LogP contribution is 2.45. The van der Waals surface area contributed by atoms with E-state index in [1.807, 2.05) is 0 Å². The van der Waals surface area contributed by atoms with Crippen LogP contribution < -0.4 is 10.9 Å². The molecule has 2 atom stereocenters. The molecule has 0 saturated carbocycles. The lowest BCUT2D eigenvalue weighted by atomic mass is 9.81. The smallest absolute Gasteiger partial charge is 0.340 e. The van der Waals surface area contributed by atoms with Crippen LogP contribution in [0, 0.1) is 12.7 Å². The van der Waals surface area contributed by atoms with E-state index in [2.05, 4.69) is 5.32 Å². The molecule has 10 heteroatoms. The van der Waals surface area contributed by atoms with Crippen molar-refractivity contribution in [1.29, 1.82) is 0 Å². The first-order valence-electron chi connectivity index (χ1n) is 12.6. The first-order valence-corrected chi connectivity index (χ1v) is 12.6. The number of benzene rings is 2. The molecule has 4 aromatic rings. The number of ether oxygens (including phenoxy) is 1. The summed E-state index contributed by atoms with van der Waals surface area (Å²) < 4.78 is 21.5. The maximum Gasteiger partial charge on any atom is 0.340 e. The van der Waals surface area contributed by atoms with Crippen LogP contribution in [0.5, 0.6) is 5.75 Å². The Hall–Kier alpha value is -4.57. The fraction of sp³-hybridized carbons (Fsp3) is 0.241. The zero-order chi connectivity index (χ0) is 27.2. The minimum absolute atomic E-state index is 0.0485. The van der Waals surface area contributed by atoms with Gasteiger partial charge in [0.25, 0.3) is 11.5 Å². The van der Waals surface area contributed by atoms with Crippen LogP contribution in [0.15, 0.2) is 41.2 Å². The number of phenolic OH excluding ortho intramolecular Hbond substituents is 1. The Morgan fingerprint density at radius 1 is 1.15 bits per heavy atom. The number of aliphatic hydroxyl groups excluding tert-OH is 1. The number of aliphatic hydroxyl groups is 1. The second-order valence-electron chi connectivity index (χ2n) is 10.2. The number of amides is 1. The van der Waals surface area contributed by atoms with Gasteiger partial charge < -0.3 is 24.8 Å². The molecule has 0 fully saturated rings. The number of phenols is 1. The van der Waals surface area contributed by atoms with Crippen molar-refractivity contribution in [2.45, 2.75) is 45.1 Å². The van der Waals surface area contributed by atoms with Gasteiger partial charge in [-0.2, -0.15) is 0 Å². The molecule has 0 unspecified atom stereocenters. The van der Waals surface area contributed by atoms with Crippen LogP contribution >= 0.6 is 0 Å². The maximum atomic E-state index is 15.0. The van der Waals surface area contributed by atoms with Gasteiger partial charge in [0.05, 0.1) is 35.1 Å². The largest absolute Gasteiger partial charge is 0.508 e. The number of aromatic nitrogens is 2. The number of hydrogen-bond acceptors (Lipinski definition) is 7. The number of aromatic hydroxyl groups is 1. The number of carbonyl (C=O) groups excluding carboxylic acids is 2. The molecule has 0 saturated heterocycles. The Morgan fingerprint density at radius 2 is 1.92 bits per heavy atom. The summed E-state index contributed by atoms with van der Waals surface area (Å²) in [6.45, 7) is 1.66. The van der Waals surface area contributed by atoms with Crippen molar-refractivity contribution in [2.75, 3.05) is 0 Å². The summed E-state index contributed by atoms with van der Waals surface area (Å²) in [6.07, 6.45) is -0.546. The van der Waals surface area contributed by atoms with Crippen molar-refractivity contribution >= 4 is 22.8 Å². The second kappa shape index (κ2) is 8.21. The van der Waals surface area contributed by atoms with Crippen molar-refractivity contribution in [3.05, 3.63) is 91.5 Å². The lowest BCUT2D eigenvalue weighted by molar-refractivity contribution is -0.157. The summed E-state index contributed by atoms with van der Waals surface area (Å²) in [5, 5.41) is 23.9. The average molecular weight is 528 g/mol. The number of fused-ring (bicyclic) bond motifs is 5. The summed E-state index contributed by atoms with van der Waals surface area (Å²) in [4.78, 5) is 43.4. The molecule has 0 spiro atoms. The number of halogens is 1. The molecule has 2 aromatic carbocycles. The van der Waals surface area contributed by atoms with Gasteiger partial charge in [0.2, 0.25) is 0 Å². The van der Waals surface area contributed by atoms with Crippen molar-refractivity contribution in [3.63, 3.8) is 0 Å². The molecule has 1 amide bonds. The number of cyclic esters (lactones) is 1. The summed E-state index contributed by atoms with van der Waals surface area (Å²) in [6, 6.07) is 8.44. The minimum atomic E-state index is -1.58. The summed E-state index contributed by atoms with van der Waals surface area (Å²) >= 11 is 0. The number of aryl methyl sites for hydroxylation is 1. The second-order valence-corrected chi connectivity index (χ2v) is 10.2. The lowest BCUT2D eigenvalue weighted by Crippen LogP contribution is -2.33. The summed E-state index contributed by atoms with van der Waals surface area (Å²) in [5.41, 5.74) is 4.48. The first-order chi connectivity index (χ1) is 18.7. The molecule has 7 rings (SSSR count). The number of hydrogen-bond donors (Lipinski definition) is 3. The standard InChI is InChI=1S/C29H22FN3O6/c1-12-15-6-7-20(32-27(36)13-2-4-14(34)5-3-13)24-17-10-33-22(25(17)31-21(23(15)24)9-19(12)30)8-16-18(28(33)37)11-39-29(38)26(16)35/h2-5,8-9,20,26,34-35H,6-7,10-11H2,1H3,(H,32,36)/t20-,26-/m0/s1. The highest BCUT2D eigenvalue weighted by Gasteiger charge is 2.37. The first kappa shape index (κ1) is 23.5. The minimum Gasteiger partial charge on any atom is -0.508 e. The van der Waals surface area contributed by atoms with Gasteiger partial charge in [0.15, 0.2) is 6.10 Å². The Labute approximate surface area is 220 Å². The molecule has 196 valence electrons. The van der Waals surface area contributed by atoms with E-state index >= 15 is 0 Å². The lowest BCUT2D eigenvalue weighted by Gasteiger charge is -2.29. The van der Waals surface area contributed by atoms with Crippen molar-refractivity contribution in [3.8, 4) is 17.1 Å². The number of carbonyl (C=O) groups is 2. The van der Waals surface area contributed by atoms with Gasteiger partial charge in [-0.25, -0.2) is 14.2 Å². The maximum absolute atomic E-state index is 15.0. The topological polar surface area (TPSA) is 131 Å². The zero-order valence-electron chi connectivity index (χ0n) is 20.7. The van der Waals surface area contributed by atoms with E-state index in [4.69, 9.17) is 9.72 Å². The van der Waals surface area contributed by atoms with Gasteiger partial charge in [-0.3, -0.25) is 9.59 Å². The average Bonchev–Trinajstić information content (AvgIpc) is 3.29. The van der Waals surface area contributed by atoms with Crippen molar-refractivity contribution < 1.29 is 28.9 Å². The zero-order valence-corrected chi connectivity index (χ0v) is 20.7. The number of nitrogens with one attached hydrogen (secondary N) is 1. The van der Waals surface area contributed by atoms with E-state index in [0.29, 0.717) is 40.9 Å². The molecule has 2 aliphatic heterocycles. The van der Waals surface area contributed by atoms with Crippen molar-refractivity contribution in [2.24, 2.45) is 0 Å². The highest BCUT2D eigenvalue weighted by molar-refractivity contribution is 5.97. The number of esters is 1. The molecule has 0 radical (unpaired) electrons. The molecule has 9 nitrogen and oxygen atoms in total. The van der Waals surface area contributed by atoms with E-state index in [0.717, 1.165) is 22.1 Å². The molecule has 3 aliphatic rings. The molecular formula is C29H22FN3O6. The van der Waals surface area contributed by atoms with Crippen LogP contribution in [0.2, 0.25) is 0 Å². The molecule has 0 bridgehead atoms. The highest BCUT2D eigenvalue weighted by atomic mass is 19.1. The van der Waals surface area contributed by atoms with Gasteiger partial charge in [-0.1, -0.05) is 0 Å². The quantitative estimate of drug-likeness (QED) is 0.301. The normalized spacial score (nSPS) is 18.8. The van der Waals surface area contributed by atoms with E-state index in [1.165, 1.54) is 34.9 Å². The SMILES string of the molecule is Cc1c(F)cc2nc3c(c4c2c1CC[C@@H]4NC(=O)c1ccc(O)cc1)Cn1c-3cc2c(c1=O)COC(=O)[C@H]2O. The van der Waals surface area contributed by atoms with Crippen LogP contribution in [0.4, 0.5) is 4.39 Å². The number of nitrogens with zero attached hydrogens (tertiary/aromatic N) is 2. The van der Waals surface area contributed by atoms with E-state index in [1.54, 1.807) is 13.0 Å². The monoisotopic (exact) mass is 527 g/mol. The van der Waals surface area contributed by atoms with E-state index in [-0.39, 0.29) is 41.8 Å². The third-order valence-electron chi connectivity index (χ3n) is 8.08. The summed E-state index contributed by atoms with van der Waals surface area (Å²) in [7, 11) is 0. The van der Waals surface area contributed by atoms with Crippen LogP contribution in [0.3, 0.4) is 0 Å². The third kappa shape index (κ3) is 3.34. The van der Waals surface area contributed by atoms with Crippen LogP contribution in [0.25, 0.3) is 22.3 Å². The predicted molar refractivity (Wildman–Crippen MR) is 137 cm³/mol. The number of pyridine rings is 2. The molecule has 1 aliphatic carbocycles. The van der Waals surface area contributed by atoms with E-state index in [9.17, 15) is 29.0 Å². The van der Waals surface area contributed by atoms with Gasteiger partial charge in [0, 0.05) is 28.1 Å². The van der Waals surface area contributed by atoms with Gasteiger partial charge in [-0.15, -0.1) is 0 Å². The van der Waals surface area contributed by atoms with Crippen molar-refractivity contribution in [1.82, 2.24) is 14.9 Å². The van der Waals surface area contributed by atoms with Crippen LogP contribution in [-0.4, -0.2) is 31.6 Å². The Morgan fingerprint density at radius 3 is 2.69 bits per heavy atom. The van der Waals surface area contributed by atoms with Crippen LogP contribution in [0.1, 0.15) is 62.3 Å². The Bertz CT molecular complexity index is 1830. The van der Waals surface area contributed by atoms with E-state index < -0.39 is 23.7 Å².